The van der Waals surface area contributed by atoms with E-state index in [-0.39, 0.29) is 0 Å². The van der Waals surface area contributed by atoms with Gasteiger partial charge < -0.3 is 0 Å². The molecule has 1 heterocycles. The molecule has 1 aromatic rings. The number of halogens is 1. The molecule has 0 aliphatic carbocycles. The van der Waals surface area contributed by atoms with Crippen LogP contribution in [0.4, 0.5) is 0 Å². The van der Waals surface area contributed by atoms with E-state index in [1.54, 1.807) is 0 Å². The molecule has 0 unspecified atom stereocenters. The summed E-state index contributed by atoms with van der Waals surface area (Å²) in [4.78, 5) is 0.934. The second kappa shape index (κ2) is 3.40. The van der Waals surface area contributed by atoms with Gasteiger partial charge in [-0.1, -0.05) is 17.7 Å². The largest absolute Gasteiger partial charge is 0.193 e. The summed E-state index contributed by atoms with van der Waals surface area (Å²) in [5.41, 5.74) is 0. The fourth-order valence-electron chi connectivity index (χ4n) is 0.542. The maximum atomic E-state index is 8.23. The van der Waals surface area contributed by atoms with E-state index in [4.69, 9.17) is 16.9 Å². The number of hydrogen-bond acceptors (Lipinski definition) is 2. The number of nitriles is 1. The van der Waals surface area contributed by atoms with E-state index in [0.717, 1.165) is 4.88 Å². The third-order valence-corrected chi connectivity index (χ3v) is 2.28. The molecule has 1 aromatic heterocycles. The van der Waals surface area contributed by atoms with Crippen molar-refractivity contribution in [2.75, 3.05) is 0 Å². The van der Waals surface area contributed by atoms with Crippen molar-refractivity contribution in [2.45, 2.75) is 0 Å². The SMILES string of the molecule is N#CC=C(Cl)c1cccs1. The predicted octanol–water partition coefficient (Wildman–Crippen LogP) is 2.85. The van der Waals surface area contributed by atoms with Gasteiger partial charge in [-0.2, -0.15) is 5.26 Å². The Morgan fingerprint density at radius 2 is 2.60 bits per heavy atom. The summed E-state index contributed by atoms with van der Waals surface area (Å²) in [5, 5.41) is 10.7. The van der Waals surface area contributed by atoms with Gasteiger partial charge in [0.05, 0.1) is 11.1 Å². The lowest BCUT2D eigenvalue weighted by Crippen LogP contribution is -1.63. The van der Waals surface area contributed by atoms with Crippen molar-refractivity contribution >= 4 is 28.0 Å². The first kappa shape index (κ1) is 7.33. The lowest BCUT2D eigenvalue weighted by atomic mass is 10.4. The van der Waals surface area contributed by atoms with Gasteiger partial charge in [0.2, 0.25) is 0 Å². The number of rotatable bonds is 1. The van der Waals surface area contributed by atoms with Crippen LogP contribution in [0.15, 0.2) is 23.6 Å². The van der Waals surface area contributed by atoms with Crippen molar-refractivity contribution in [3.05, 3.63) is 28.5 Å². The Kier molecular flexibility index (Phi) is 2.49. The summed E-state index contributed by atoms with van der Waals surface area (Å²) in [6, 6.07) is 5.64. The van der Waals surface area contributed by atoms with E-state index in [9.17, 15) is 0 Å². The van der Waals surface area contributed by atoms with Gasteiger partial charge in [-0.25, -0.2) is 0 Å². The maximum absolute atomic E-state index is 8.23. The minimum absolute atomic E-state index is 0.512. The molecule has 0 bridgehead atoms. The van der Waals surface area contributed by atoms with Gasteiger partial charge in [0.25, 0.3) is 0 Å². The molecule has 0 amide bonds. The van der Waals surface area contributed by atoms with Crippen molar-refractivity contribution in [1.29, 1.82) is 5.26 Å². The number of hydrogen-bond donors (Lipinski definition) is 0. The quantitative estimate of drug-likeness (QED) is 0.593. The number of thiophene rings is 1. The van der Waals surface area contributed by atoms with Crippen molar-refractivity contribution in [2.24, 2.45) is 0 Å². The molecule has 1 nitrogen and oxygen atoms in total. The highest BCUT2D eigenvalue weighted by molar-refractivity contribution is 7.12. The Morgan fingerprint density at radius 3 is 3.10 bits per heavy atom. The average molecular weight is 170 g/mol. The van der Waals surface area contributed by atoms with Crippen LogP contribution in [-0.2, 0) is 0 Å². The molecule has 0 aliphatic heterocycles. The molecule has 1 rings (SSSR count). The highest BCUT2D eigenvalue weighted by Gasteiger charge is 1.95. The van der Waals surface area contributed by atoms with Crippen LogP contribution in [0.2, 0.25) is 0 Å². The molecule has 0 saturated heterocycles. The molecular weight excluding hydrogens is 166 g/mol. The van der Waals surface area contributed by atoms with Gasteiger partial charge >= 0.3 is 0 Å². The van der Waals surface area contributed by atoms with Crippen molar-refractivity contribution in [3.8, 4) is 6.07 Å². The first-order chi connectivity index (χ1) is 4.84. The zero-order valence-corrected chi connectivity index (χ0v) is 6.62. The second-order valence-corrected chi connectivity index (χ2v) is 2.95. The van der Waals surface area contributed by atoms with Crippen molar-refractivity contribution in [1.82, 2.24) is 0 Å². The van der Waals surface area contributed by atoms with Gasteiger partial charge in [0, 0.05) is 11.0 Å². The molecule has 0 atom stereocenters. The van der Waals surface area contributed by atoms with E-state index >= 15 is 0 Å². The van der Waals surface area contributed by atoms with Crippen LogP contribution in [0, 0.1) is 11.3 Å². The summed E-state index contributed by atoms with van der Waals surface area (Å²) in [7, 11) is 0. The van der Waals surface area contributed by atoms with Gasteiger partial charge in [-0.15, -0.1) is 11.3 Å². The van der Waals surface area contributed by atoms with E-state index in [1.807, 2.05) is 23.6 Å². The Balaban J connectivity index is 2.90. The Labute approximate surface area is 68.2 Å². The number of allylic oxidation sites excluding steroid dienone is 1. The monoisotopic (exact) mass is 169 g/mol. The van der Waals surface area contributed by atoms with Crippen LogP contribution in [0.25, 0.3) is 5.03 Å². The molecule has 0 aromatic carbocycles. The lowest BCUT2D eigenvalue weighted by Gasteiger charge is -1.85. The molecule has 0 radical (unpaired) electrons. The fourth-order valence-corrected chi connectivity index (χ4v) is 1.42. The third-order valence-electron chi connectivity index (χ3n) is 0.948. The molecule has 50 valence electrons. The molecule has 0 spiro atoms. The van der Waals surface area contributed by atoms with Gasteiger partial charge in [0.15, 0.2) is 0 Å². The van der Waals surface area contributed by atoms with Gasteiger partial charge in [-0.3, -0.25) is 0 Å². The van der Waals surface area contributed by atoms with Crippen LogP contribution in [0.1, 0.15) is 4.88 Å². The second-order valence-electron chi connectivity index (χ2n) is 1.60. The summed E-state index contributed by atoms with van der Waals surface area (Å²) in [6.45, 7) is 0. The summed E-state index contributed by atoms with van der Waals surface area (Å²) < 4.78 is 0. The predicted molar refractivity (Wildman–Crippen MR) is 43.8 cm³/mol. The van der Waals surface area contributed by atoms with Crippen molar-refractivity contribution < 1.29 is 0 Å². The first-order valence-electron chi connectivity index (χ1n) is 2.64. The summed E-state index contributed by atoms with van der Waals surface area (Å²) in [6.07, 6.45) is 1.33. The van der Waals surface area contributed by atoms with Gasteiger partial charge in [0.1, 0.15) is 0 Å². The summed E-state index contributed by atoms with van der Waals surface area (Å²) in [5.74, 6) is 0. The minimum Gasteiger partial charge on any atom is -0.193 e. The Hall–Kier alpha value is -0.780. The molecule has 0 saturated carbocycles. The zero-order chi connectivity index (χ0) is 7.40. The minimum atomic E-state index is 0.512. The molecule has 0 aliphatic rings. The molecular formula is C7H4ClNS. The third kappa shape index (κ3) is 1.60. The van der Waals surface area contributed by atoms with Crippen LogP contribution in [-0.4, -0.2) is 0 Å². The Bertz CT molecular complexity index is 268. The standard InChI is InChI=1S/C7H4ClNS/c8-6(3-4-9)7-2-1-5-10-7/h1-3,5H. The lowest BCUT2D eigenvalue weighted by molar-refractivity contribution is 1.54. The van der Waals surface area contributed by atoms with E-state index < -0.39 is 0 Å². The van der Waals surface area contributed by atoms with E-state index in [2.05, 4.69) is 0 Å². The highest BCUT2D eigenvalue weighted by Crippen LogP contribution is 2.22. The highest BCUT2D eigenvalue weighted by atomic mass is 35.5. The maximum Gasteiger partial charge on any atom is 0.0928 e. The zero-order valence-electron chi connectivity index (χ0n) is 5.04. The smallest absolute Gasteiger partial charge is 0.0928 e. The van der Waals surface area contributed by atoms with Gasteiger partial charge in [-0.05, 0) is 11.4 Å². The number of nitrogens with zero attached hydrogens (tertiary/aromatic N) is 1. The molecule has 3 heteroatoms. The first-order valence-corrected chi connectivity index (χ1v) is 3.89. The molecule has 10 heavy (non-hydrogen) atoms. The topological polar surface area (TPSA) is 23.8 Å². The molecule has 0 fully saturated rings. The normalized spacial score (nSPS) is 11.0. The van der Waals surface area contributed by atoms with E-state index in [1.165, 1.54) is 17.4 Å². The van der Waals surface area contributed by atoms with Crippen molar-refractivity contribution in [3.63, 3.8) is 0 Å². The summed E-state index contributed by atoms with van der Waals surface area (Å²) >= 11 is 7.22. The van der Waals surface area contributed by atoms with Crippen LogP contribution < -0.4 is 0 Å². The van der Waals surface area contributed by atoms with E-state index in [0.29, 0.717) is 5.03 Å². The van der Waals surface area contributed by atoms with Crippen LogP contribution >= 0.6 is 22.9 Å². The molecule has 0 N–H and O–H groups in total. The average Bonchev–Trinajstić information content (AvgIpc) is 2.38. The van der Waals surface area contributed by atoms with Crippen LogP contribution in [0.3, 0.4) is 0 Å². The Morgan fingerprint density at radius 1 is 1.80 bits per heavy atom. The fraction of sp³-hybridized carbons (Fsp3) is 0. The van der Waals surface area contributed by atoms with Crippen LogP contribution in [0.5, 0.6) is 0 Å².